The van der Waals surface area contributed by atoms with Crippen LogP contribution >= 0.6 is 0 Å². The lowest BCUT2D eigenvalue weighted by molar-refractivity contribution is 0.0765. The second-order valence-electron chi connectivity index (χ2n) is 5.83. The lowest BCUT2D eigenvalue weighted by Gasteiger charge is -2.17. The number of carbonyl (C=O) groups is 1. The highest BCUT2D eigenvalue weighted by atomic mass is 16.5. The van der Waals surface area contributed by atoms with Crippen LogP contribution in [0.5, 0.6) is 0 Å². The number of likely N-dealkylation sites (tertiary alicyclic amines) is 1. The van der Waals surface area contributed by atoms with Crippen molar-refractivity contribution in [3.8, 4) is 0 Å². The molecule has 2 atom stereocenters. The largest absolute Gasteiger partial charge is 0.391 e. The van der Waals surface area contributed by atoms with Gasteiger partial charge in [0.2, 0.25) is 0 Å². The van der Waals surface area contributed by atoms with Crippen LogP contribution in [-0.4, -0.2) is 52.3 Å². The molecule has 0 unspecified atom stereocenters. The number of nitrogens with one attached hydrogen (secondary N) is 1. The summed E-state index contributed by atoms with van der Waals surface area (Å²) in [6.45, 7) is 2.65. The monoisotopic (exact) mass is 316 g/mol. The van der Waals surface area contributed by atoms with Crippen molar-refractivity contribution in [3.63, 3.8) is 0 Å². The molecule has 3 rings (SSSR count). The molecule has 122 valence electrons. The van der Waals surface area contributed by atoms with Gasteiger partial charge in [-0.1, -0.05) is 5.16 Å². The molecule has 1 aliphatic heterocycles. The predicted molar refractivity (Wildman–Crippen MR) is 84.1 cm³/mol. The van der Waals surface area contributed by atoms with Gasteiger partial charge >= 0.3 is 0 Å². The first kappa shape index (κ1) is 15.5. The molecule has 0 aromatic carbocycles. The molecule has 2 aromatic rings. The van der Waals surface area contributed by atoms with Crippen LogP contribution in [0.15, 0.2) is 28.9 Å². The smallest absolute Gasteiger partial charge is 0.257 e. The van der Waals surface area contributed by atoms with Gasteiger partial charge in [0.1, 0.15) is 11.6 Å². The first-order valence-corrected chi connectivity index (χ1v) is 7.60. The van der Waals surface area contributed by atoms with Gasteiger partial charge in [0.15, 0.2) is 0 Å². The van der Waals surface area contributed by atoms with Gasteiger partial charge in [0.25, 0.3) is 5.91 Å². The minimum atomic E-state index is -0.570. The lowest BCUT2D eigenvalue weighted by Crippen LogP contribution is -2.30. The minimum absolute atomic E-state index is 0.0546. The van der Waals surface area contributed by atoms with E-state index in [2.05, 4.69) is 15.5 Å². The minimum Gasteiger partial charge on any atom is -0.391 e. The van der Waals surface area contributed by atoms with Crippen LogP contribution in [0, 0.1) is 12.8 Å². The molecule has 0 radical (unpaired) electrons. The van der Waals surface area contributed by atoms with E-state index in [0.29, 0.717) is 30.9 Å². The summed E-state index contributed by atoms with van der Waals surface area (Å²) in [7, 11) is 1.73. The molecule has 1 fully saturated rings. The van der Waals surface area contributed by atoms with Gasteiger partial charge in [-0.05, 0) is 19.1 Å². The molecule has 7 heteroatoms. The molecule has 1 amide bonds. The number of hydrogen-bond donors (Lipinski definition) is 2. The van der Waals surface area contributed by atoms with Gasteiger partial charge < -0.3 is 19.8 Å². The summed E-state index contributed by atoms with van der Waals surface area (Å²) in [4.78, 5) is 18.5. The van der Waals surface area contributed by atoms with Crippen LogP contribution in [0.1, 0.15) is 21.8 Å². The molecule has 0 bridgehead atoms. The molecule has 2 N–H and O–H groups in total. The molecule has 0 saturated carbocycles. The number of aliphatic hydroxyl groups excluding tert-OH is 1. The highest BCUT2D eigenvalue weighted by molar-refractivity contribution is 5.98. The summed E-state index contributed by atoms with van der Waals surface area (Å²) < 4.78 is 5.21. The molecule has 1 aliphatic rings. The highest BCUT2D eigenvalue weighted by Gasteiger charge is 2.35. The Kier molecular flexibility index (Phi) is 4.29. The molecule has 0 spiro atoms. The van der Waals surface area contributed by atoms with Gasteiger partial charge in [0, 0.05) is 44.7 Å². The first-order valence-electron chi connectivity index (χ1n) is 7.60. The number of amides is 1. The van der Waals surface area contributed by atoms with Crippen LogP contribution in [-0.2, 0) is 6.42 Å². The number of hydrogen-bond acceptors (Lipinski definition) is 6. The maximum absolute atomic E-state index is 12.7. The Morgan fingerprint density at radius 2 is 2.35 bits per heavy atom. The normalized spacial score (nSPS) is 20.7. The number of β-amino-alcohol motifs (C(OH)–C–C–N with tert-alkyl or cyclic N) is 1. The van der Waals surface area contributed by atoms with E-state index in [1.807, 2.05) is 13.0 Å². The quantitative estimate of drug-likeness (QED) is 0.877. The number of nitrogens with zero attached hydrogens (tertiary/aromatic N) is 3. The summed E-state index contributed by atoms with van der Waals surface area (Å²) in [5.41, 5.74) is 1.33. The Hall–Kier alpha value is -2.41. The number of aryl methyl sites for hydroxylation is 1. The second-order valence-corrected chi connectivity index (χ2v) is 5.83. The summed E-state index contributed by atoms with van der Waals surface area (Å²) >= 11 is 0. The Morgan fingerprint density at radius 3 is 3.04 bits per heavy atom. The predicted octanol–water partition coefficient (Wildman–Crippen LogP) is 1.10. The molecule has 7 nitrogen and oxygen atoms in total. The van der Waals surface area contributed by atoms with E-state index < -0.39 is 6.10 Å². The zero-order chi connectivity index (χ0) is 16.4. The van der Waals surface area contributed by atoms with E-state index in [0.717, 1.165) is 11.5 Å². The SMILES string of the molecule is CNc1ncccc1C(=O)N1C[C@@H](Cc2cc(C)no2)[C@H](O)C1. The average Bonchev–Trinajstić information content (AvgIpc) is 3.13. The van der Waals surface area contributed by atoms with Gasteiger partial charge in [-0.25, -0.2) is 4.98 Å². The third-order valence-electron chi connectivity index (χ3n) is 4.11. The van der Waals surface area contributed by atoms with Gasteiger partial charge in [-0.2, -0.15) is 0 Å². The van der Waals surface area contributed by atoms with Crippen molar-refractivity contribution in [2.45, 2.75) is 19.4 Å². The number of aliphatic hydroxyl groups is 1. The number of aromatic nitrogens is 2. The van der Waals surface area contributed by atoms with Crippen LogP contribution < -0.4 is 5.32 Å². The van der Waals surface area contributed by atoms with E-state index in [1.165, 1.54) is 0 Å². The summed E-state index contributed by atoms with van der Waals surface area (Å²) in [5, 5.41) is 17.0. The number of carbonyl (C=O) groups excluding carboxylic acids is 1. The number of rotatable bonds is 4. The van der Waals surface area contributed by atoms with Crippen molar-refractivity contribution >= 4 is 11.7 Å². The number of anilines is 1. The van der Waals surface area contributed by atoms with E-state index in [-0.39, 0.29) is 11.8 Å². The van der Waals surface area contributed by atoms with E-state index in [9.17, 15) is 9.90 Å². The van der Waals surface area contributed by atoms with Crippen molar-refractivity contribution in [2.24, 2.45) is 5.92 Å². The molecule has 1 saturated heterocycles. The van der Waals surface area contributed by atoms with Gasteiger partial charge in [-0.15, -0.1) is 0 Å². The summed E-state index contributed by atoms with van der Waals surface area (Å²) in [6.07, 6.45) is 1.63. The molecule has 0 aliphatic carbocycles. The topological polar surface area (TPSA) is 91.5 Å². The molecular weight excluding hydrogens is 296 g/mol. The van der Waals surface area contributed by atoms with Crippen molar-refractivity contribution < 1.29 is 14.4 Å². The Morgan fingerprint density at radius 1 is 1.52 bits per heavy atom. The van der Waals surface area contributed by atoms with Crippen molar-refractivity contribution in [1.82, 2.24) is 15.0 Å². The fourth-order valence-electron chi connectivity index (χ4n) is 2.94. The third-order valence-corrected chi connectivity index (χ3v) is 4.11. The van der Waals surface area contributed by atoms with Crippen LogP contribution in [0.3, 0.4) is 0 Å². The standard InChI is InChI=1S/C16H20N4O3/c1-10-6-12(23-19-10)7-11-8-20(9-14(11)21)16(22)13-4-3-5-18-15(13)17-2/h3-6,11,14,21H,7-9H2,1-2H3,(H,17,18)/t11-,14-/m1/s1. The zero-order valence-electron chi connectivity index (χ0n) is 13.2. The maximum Gasteiger partial charge on any atom is 0.257 e. The lowest BCUT2D eigenvalue weighted by atomic mass is 10.0. The van der Waals surface area contributed by atoms with Crippen molar-refractivity contribution in [3.05, 3.63) is 41.4 Å². The Bertz CT molecular complexity index is 700. The van der Waals surface area contributed by atoms with Crippen LogP contribution in [0.2, 0.25) is 0 Å². The highest BCUT2D eigenvalue weighted by Crippen LogP contribution is 2.24. The third kappa shape index (κ3) is 3.19. The number of pyridine rings is 1. The van der Waals surface area contributed by atoms with E-state index in [4.69, 9.17) is 4.52 Å². The van der Waals surface area contributed by atoms with Crippen LogP contribution in [0.4, 0.5) is 5.82 Å². The Balaban J connectivity index is 1.71. The average molecular weight is 316 g/mol. The molecule has 2 aromatic heterocycles. The Labute approximate surface area is 134 Å². The fourth-order valence-corrected chi connectivity index (χ4v) is 2.94. The van der Waals surface area contributed by atoms with E-state index in [1.54, 1.807) is 30.3 Å². The van der Waals surface area contributed by atoms with Crippen molar-refractivity contribution in [2.75, 3.05) is 25.5 Å². The second kappa shape index (κ2) is 6.37. The van der Waals surface area contributed by atoms with Crippen molar-refractivity contribution in [1.29, 1.82) is 0 Å². The van der Waals surface area contributed by atoms with Gasteiger partial charge in [-0.3, -0.25) is 4.79 Å². The molecule has 23 heavy (non-hydrogen) atoms. The van der Waals surface area contributed by atoms with Gasteiger partial charge in [0.05, 0.1) is 17.4 Å². The fraction of sp³-hybridized carbons (Fsp3) is 0.438. The summed E-state index contributed by atoms with van der Waals surface area (Å²) in [6, 6.07) is 5.33. The maximum atomic E-state index is 12.7. The van der Waals surface area contributed by atoms with Crippen LogP contribution in [0.25, 0.3) is 0 Å². The first-order chi connectivity index (χ1) is 11.1. The summed E-state index contributed by atoms with van der Waals surface area (Å²) in [5.74, 6) is 1.10. The zero-order valence-corrected chi connectivity index (χ0v) is 13.2. The molecular formula is C16H20N4O3. The molecule has 3 heterocycles. The van der Waals surface area contributed by atoms with E-state index >= 15 is 0 Å².